The van der Waals surface area contributed by atoms with Crippen molar-refractivity contribution < 1.29 is 9.90 Å². The second-order valence-electron chi connectivity index (χ2n) is 4.69. The van der Waals surface area contributed by atoms with E-state index in [-0.39, 0.29) is 12.5 Å². The van der Waals surface area contributed by atoms with Crippen LogP contribution in [0.3, 0.4) is 0 Å². The summed E-state index contributed by atoms with van der Waals surface area (Å²) >= 11 is 3.41. The van der Waals surface area contributed by atoms with Crippen LogP contribution in [0.2, 0.25) is 0 Å². The fourth-order valence-corrected chi connectivity index (χ4v) is 2.64. The number of aliphatic hydroxyl groups excluding tert-OH is 1. The van der Waals surface area contributed by atoms with Gasteiger partial charge in [-0.05, 0) is 40.9 Å². The molecule has 0 saturated heterocycles. The Morgan fingerprint density at radius 3 is 2.55 bits per heavy atom. The first-order chi connectivity index (χ1) is 9.62. The molecule has 0 heterocycles. The molecule has 2 N–H and O–H groups in total. The Morgan fingerprint density at radius 1 is 1.35 bits per heavy atom. The average molecular weight is 343 g/mol. The third kappa shape index (κ3) is 5.23. The van der Waals surface area contributed by atoms with Gasteiger partial charge >= 0.3 is 0 Å². The van der Waals surface area contributed by atoms with Crippen LogP contribution >= 0.6 is 15.9 Å². The van der Waals surface area contributed by atoms with Gasteiger partial charge in [-0.15, -0.1) is 0 Å². The Morgan fingerprint density at radius 2 is 2.00 bits per heavy atom. The second kappa shape index (κ2) is 9.10. The SMILES string of the molecule is CCC(CC)N(CCO)CC(=O)Nc1ccccc1Br. The van der Waals surface area contributed by atoms with Crippen molar-refractivity contribution >= 4 is 27.5 Å². The Labute approximate surface area is 129 Å². The van der Waals surface area contributed by atoms with Gasteiger partial charge in [-0.25, -0.2) is 0 Å². The summed E-state index contributed by atoms with van der Waals surface area (Å²) in [6.07, 6.45) is 1.94. The van der Waals surface area contributed by atoms with Crippen molar-refractivity contribution in [1.82, 2.24) is 4.90 Å². The van der Waals surface area contributed by atoms with Gasteiger partial charge < -0.3 is 10.4 Å². The molecule has 0 aliphatic rings. The third-order valence-corrected chi connectivity index (χ3v) is 4.03. The molecule has 0 unspecified atom stereocenters. The van der Waals surface area contributed by atoms with Crippen LogP contribution in [-0.2, 0) is 4.79 Å². The van der Waals surface area contributed by atoms with Gasteiger partial charge in [0.1, 0.15) is 0 Å². The first-order valence-electron chi connectivity index (χ1n) is 7.01. The van der Waals surface area contributed by atoms with Crippen LogP contribution in [0.1, 0.15) is 26.7 Å². The predicted molar refractivity (Wildman–Crippen MR) is 85.8 cm³/mol. The van der Waals surface area contributed by atoms with Gasteiger partial charge in [0, 0.05) is 17.1 Å². The van der Waals surface area contributed by atoms with Crippen LogP contribution in [0.4, 0.5) is 5.69 Å². The van der Waals surface area contributed by atoms with Crippen molar-refractivity contribution in [2.75, 3.05) is 25.0 Å². The highest BCUT2D eigenvalue weighted by Crippen LogP contribution is 2.21. The van der Waals surface area contributed by atoms with Crippen LogP contribution in [0.25, 0.3) is 0 Å². The summed E-state index contributed by atoms with van der Waals surface area (Å²) in [4.78, 5) is 14.2. The normalized spacial score (nSPS) is 11.1. The Kier molecular flexibility index (Phi) is 7.80. The maximum absolute atomic E-state index is 12.1. The molecule has 0 atom stereocenters. The number of rotatable bonds is 8. The molecule has 112 valence electrons. The molecule has 0 fully saturated rings. The van der Waals surface area contributed by atoms with E-state index in [9.17, 15) is 4.79 Å². The number of carbonyl (C=O) groups excluding carboxylic acids is 1. The van der Waals surface area contributed by atoms with Crippen LogP contribution in [0, 0.1) is 0 Å². The highest BCUT2D eigenvalue weighted by atomic mass is 79.9. The number of anilines is 1. The number of amides is 1. The van der Waals surface area contributed by atoms with Gasteiger partial charge in [-0.3, -0.25) is 9.69 Å². The van der Waals surface area contributed by atoms with E-state index in [4.69, 9.17) is 5.11 Å². The summed E-state index contributed by atoms with van der Waals surface area (Å²) in [5, 5.41) is 12.0. The van der Waals surface area contributed by atoms with E-state index in [1.165, 1.54) is 0 Å². The highest BCUT2D eigenvalue weighted by Gasteiger charge is 2.18. The zero-order valence-corrected chi connectivity index (χ0v) is 13.7. The van der Waals surface area contributed by atoms with Gasteiger partial charge in [-0.2, -0.15) is 0 Å². The van der Waals surface area contributed by atoms with E-state index in [0.29, 0.717) is 19.1 Å². The summed E-state index contributed by atoms with van der Waals surface area (Å²) in [5.41, 5.74) is 0.769. The molecule has 0 spiro atoms. The smallest absolute Gasteiger partial charge is 0.238 e. The van der Waals surface area contributed by atoms with Crippen LogP contribution in [0.15, 0.2) is 28.7 Å². The number of carbonyl (C=O) groups is 1. The van der Waals surface area contributed by atoms with Crippen molar-refractivity contribution in [2.24, 2.45) is 0 Å². The van der Waals surface area contributed by atoms with E-state index in [2.05, 4.69) is 35.1 Å². The van der Waals surface area contributed by atoms with Crippen molar-refractivity contribution in [1.29, 1.82) is 0 Å². The lowest BCUT2D eigenvalue weighted by Crippen LogP contribution is -2.42. The number of para-hydroxylation sites is 1. The Bertz CT molecular complexity index is 422. The van der Waals surface area contributed by atoms with Crippen molar-refractivity contribution in [3.63, 3.8) is 0 Å². The number of hydrogen-bond donors (Lipinski definition) is 2. The van der Waals surface area contributed by atoms with E-state index < -0.39 is 0 Å². The quantitative estimate of drug-likeness (QED) is 0.763. The molecule has 0 radical (unpaired) electrons. The largest absolute Gasteiger partial charge is 0.395 e. The molecule has 1 aromatic rings. The van der Waals surface area contributed by atoms with E-state index in [1.54, 1.807) is 0 Å². The fourth-order valence-electron chi connectivity index (χ4n) is 2.26. The van der Waals surface area contributed by atoms with E-state index in [1.807, 2.05) is 29.2 Å². The molecule has 5 heteroatoms. The fraction of sp³-hybridized carbons (Fsp3) is 0.533. The molecule has 0 bridgehead atoms. The molecule has 0 saturated carbocycles. The lowest BCUT2D eigenvalue weighted by Gasteiger charge is -2.29. The minimum atomic E-state index is -0.0581. The number of nitrogens with one attached hydrogen (secondary N) is 1. The molecule has 0 aliphatic carbocycles. The summed E-state index contributed by atoms with van der Waals surface area (Å²) in [6, 6.07) is 7.86. The number of benzene rings is 1. The third-order valence-electron chi connectivity index (χ3n) is 3.34. The minimum absolute atomic E-state index is 0.0581. The van der Waals surface area contributed by atoms with Gasteiger partial charge in [-0.1, -0.05) is 26.0 Å². The lowest BCUT2D eigenvalue weighted by molar-refractivity contribution is -0.118. The van der Waals surface area contributed by atoms with Gasteiger partial charge in [0.25, 0.3) is 0 Å². The molecule has 1 aromatic carbocycles. The molecule has 0 aliphatic heterocycles. The molecule has 0 aromatic heterocycles. The Hall–Kier alpha value is -0.910. The zero-order chi connectivity index (χ0) is 15.0. The molecule has 1 amide bonds. The van der Waals surface area contributed by atoms with E-state index in [0.717, 1.165) is 23.0 Å². The maximum Gasteiger partial charge on any atom is 0.238 e. The topological polar surface area (TPSA) is 52.6 Å². The van der Waals surface area contributed by atoms with Crippen LogP contribution in [-0.4, -0.2) is 41.7 Å². The second-order valence-corrected chi connectivity index (χ2v) is 5.55. The first kappa shape index (κ1) is 17.1. The standard InChI is InChI=1S/C15H23BrN2O2/c1-3-12(4-2)18(9-10-19)11-15(20)17-14-8-6-5-7-13(14)16/h5-8,12,19H,3-4,9-11H2,1-2H3,(H,17,20). The molecule has 20 heavy (non-hydrogen) atoms. The zero-order valence-electron chi connectivity index (χ0n) is 12.1. The maximum atomic E-state index is 12.1. The summed E-state index contributed by atoms with van der Waals surface area (Å²) in [5.74, 6) is -0.0581. The summed E-state index contributed by atoms with van der Waals surface area (Å²) in [7, 11) is 0. The van der Waals surface area contributed by atoms with Gasteiger partial charge in [0.05, 0.1) is 18.8 Å². The van der Waals surface area contributed by atoms with Crippen molar-refractivity contribution in [3.8, 4) is 0 Å². The Balaban J connectivity index is 2.64. The highest BCUT2D eigenvalue weighted by molar-refractivity contribution is 9.10. The number of aliphatic hydroxyl groups is 1. The number of nitrogens with zero attached hydrogens (tertiary/aromatic N) is 1. The average Bonchev–Trinajstić information content (AvgIpc) is 2.43. The van der Waals surface area contributed by atoms with E-state index >= 15 is 0 Å². The van der Waals surface area contributed by atoms with Crippen LogP contribution in [0.5, 0.6) is 0 Å². The van der Waals surface area contributed by atoms with Crippen LogP contribution < -0.4 is 5.32 Å². The molecule has 1 rings (SSSR count). The van der Waals surface area contributed by atoms with Crippen molar-refractivity contribution in [3.05, 3.63) is 28.7 Å². The minimum Gasteiger partial charge on any atom is -0.395 e. The predicted octanol–water partition coefficient (Wildman–Crippen LogP) is 2.87. The van der Waals surface area contributed by atoms with Crippen molar-refractivity contribution in [2.45, 2.75) is 32.7 Å². The molecular formula is C15H23BrN2O2. The summed E-state index contributed by atoms with van der Waals surface area (Å²) in [6.45, 7) is 5.09. The molecule has 4 nitrogen and oxygen atoms in total. The van der Waals surface area contributed by atoms with Gasteiger partial charge in [0.15, 0.2) is 0 Å². The number of hydrogen-bond acceptors (Lipinski definition) is 3. The lowest BCUT2D eigenvalue weighted by atomic mass is 10.1. The summed E-state index contributed by atoms with van der Waals surface area (Å²) < 4.78 is 0.865. The monoisotopic (exact) mass is 342 g/mol. The number of halogens is 1. The molecular weight excluding hydrogens is 320 g/mol. The first-order valence-corrected chi connectivity index (χ1v) is 7.80. The van der Waals surface area contributed by atoms with Gasteiger partial charge in [0.2, 0.25) is 5.91 Å².